The van der Waals surface area contributed by atoms with Gasteiger partial charge in [0.15, 0.2) is 16.1 Å². The van der Waals surface area contributed by atoms with Crippen molar-refractivity contribution in [3.63, 3.8) is 0 Å². The van der Waals surface area contributed by atoms with Gasteiger partial charge in [-0.2, -0.15) is 0 Å². The molecule has 0 saturated carbocycles. The van der Waals surface area contributed by atoms with E-state index in [-0.39, 0.29) is 10.8 Å². The average Bonchev–Trinajstić information content (AvgIpc) is 2.26. The van der Waals surface area contributed by atoms with Crippen molar-refractivity contribution >= 4 is 20.7 Å². The molecular formula is C11H19OS2+. The third-order valence-electron chi connectivity index (χ3n) is 2.00. The second kappa shape index (κ2) is 3.46. The Hall–Kier alpha value is -0.150. The smallest absolute Gasteiger partial charge is 0.300 e. The van der Waals surface area contributed by atoms with Crippen LogP contribution in [0.4, 0.5) is 0 Å². The third kappa shape index (κ3) is 2.26. The molecule has 80 valence electrons. The van der Waals surface area contributed by atoms with Gasteiger partial charge in [-0.15, -0.1) is 0 Å². The maximum Gasteiger partial charge on any atom is 0.300 e. The van der Waals surface area contributed by atoms with Crippen LogP contribution in [0.2, 0.25) is 0 Å². The van der Waals surface area contributed by atoms with Crippen molar-refractivity contribution in [3.8, 4) is 5.75 Å². The fourth-order valence-corrected chi connectivity index (χ4v) is 4.79. The first kappa shape index (κ1) is 11.9. The van der Waals surface area contributed by atoms with E-state index < -0.39 is 0 Å². The van der Waals surface area contributed by atoms with Gasteiger partial charge >= 0.3 is 0 Å². The van der Waals surface area contributed by atoms with E-state index in [4.69, 9.17) is 0 Å². The summed E-state index contributed by atoms with van der Waals surface area (Å²) in [4.78, 5) is 2.21. The van der Waals surface area contributed by atoms with Crippen LogP contribution in [-0.4, -0.2) is 5.11 Å². The van der Waals surface area contributed by atoms with E-state index in [9.17, 15) is 5.11 Å². The third-order valence-corrected chi connectivity index (χ3v) is 5.28. The van der Waals surface area contributed by atoms with Crippen LogP contribution in [0, 0.1) is 0 Å². The lowest BCUT2D eigenvalue weighted by Gasteiger charge is -2.15. The summed E-state index contributed by atoms with van der Waals surface area (Å²) in [5, 5.41) is 10.1. The molecule has 0 unspecified atom stereocenters. The molecule has 1 aromatic heterocycles. The SMILES string of the molecule is CC(C)(C)c1s[s+]c(C(C)(C)C)c1O. The summed E-state index contributed by atoms with van der Waals surface area (Å²) in [5.74, 6) is 0.514. The van der Waals surface area contributed by atoms with Crippen LogP contribution in [-0.2, 0) is 10.8 Å². The van der Waals surface area contributed by atoms with Crippen LogP contribution >= 0.6 is 20.7 Å². The molecule has 0 aliphatic rings. The standard InChI is InChI=1S/C11H18OS2/c1-10(2,3)8-7(12)9(14-13-8)11(4,5)6/h1-6H3/p+1. The van der Waals surface area contributed by atoms with Crippen molar-refractivity contribution in [2.75, 3.05) is 0 Å². The van der Waals surface area contributed by atoms with E-state index in [0.717, 1.165) is 9.75 Å². The summed E-state index contributed by atoms with van der Waals surface area (Å²) in [6.45, 7) is 12.8. The van der Waals surface area contributed by atoms with E-state index in [0.29, 0.717) is 5.75 Å². The number of aromatic hydroxyl groups is 1. The van der Waals surface area contributed by atoms with Gasteiger partial charge < -0.3 is 5.11 Å². The molecule has 0 amide bonds. The molecule has 14 heavy (non-hydrogen) atoms. The molecule has 0 bridgehead atoms. The first-order valence-electron chi connectivity index (χ1n) is 4.80. The van der Waals surface area contributed by atoms with E-state index in [1.165, 1.54) is 0 Å². The first-order valence-corrected chi connectivity index (χ1v) is 6.95. The first-order chi connectivity index (χ1) is 6.14. The van der Waals surface area contributed by atoms with Crippen LogP contribution in [0.5, 0.6) is 5.75 Å². The largest absolute Gasteiger partial charge is 0.502 e. The monoisotopic (exact) mass is 231 g/mol. The van der Waals surface area contributed by atoms with Crippen molar-refractivity contribution in [1.29, 1.82) is 0 Å². The van der Waals surface area contributed by atoms with Gasteiger partial charge in [-0.25, -0.2) is 0 Å². The fourth-order valence-electron chi connectivity index (χ4n) is 1.23. The van der Waals surface area contributed by atoms with Gasteiger partial charge in [-0.05, 0) is 0 Å². The fraction of sp³-hybridized carbons (Fsp3) is 0.727. The van der Waals surface area contributed by atoms with Gasteiger partial charge in [0.1, 0.15) is 4.88 Å². The van der Waals surface area contributed by atoms with Gasteiger partial charge in [0.2, 0.25) is 0 Å². The molecule has 1 heterocycles. The second-order valence-electron chi connectivity index (χ2n) is 5.67. The Balaban J connectivity index is 3.23. The summed E-state index contributed by atoms with van der Waals surface area (Å²) in [7, 11) is 3.40. The minimum absolute atomic E-state index is 0.0503. The Bertz CT molecular complexity index is 295. The van der Waals surface area contributed by atoms with Gasteiger partial charge in [0.05, 0.1) is 0 Å². The predicted molar refractivity (Wildman–Crippen MR) is 65.7 cm³/mol. The molecule has 0 fully saturated rings. The average molecular weight is 231 g/mol. The van der Waals surface area contributed by atoms with E-state index in [1.54, 1.807) is 20.7 Å². The molecule has 0 aliphatic carbocycles. The highest BCUT2D eigenvalue weighted by Gasteiger charge is 2.37. The van der Waals surface area contributed by atoms with Crippen molar-refractivity contribution in [2.24, 2.45) is 0 Å². The summed E-state index contributed by atoms with van der Waals surface area (Å²) in [6.07, 6.45) is 0. The molecule has 0 radical (unpaired) electrons. The number of hydrogen-bond acceptors (Lipinski definition) is 2. The Kier molecular flexibility index (Phi) is 2.94. The van der Waals surface area contributed by atoms with Crippen molar-refractivity contribution in [3.05, 3.63) is 9.75 Å². The minimum atomic E-state index is 0.0503. The van der Waals surface area contributed by atoms with Crippen molar-refractivity contribution in [2.45, 2.75) is 52.4 Å². The summed E-state index contributed by atoms with van der Waals surface area (Å²) >= 11 is 0. The molecule has 0 saturated heterocycles. The maximum absolute atomic E-state index is 10.1. The highest BCUT2D eigenvalue weighted by atomic mass is 32.9. The molecule has 3 heteroatoms. The topological polar surface area (TPSA) is 20.2 Å². The molecule has 1 rings (SSSR count). The Morgan fingerprint density at radius 2 is 1.50 bits per heavy atom. The zero-order valence-electron chi connectivity index (χ0n) is 9.76. The van der Waals surface area contributed by atoms with E-state index in [2.05, 4.69) is 41.5 Å². The molecule has 0 atom stereocenters. The van der Waals surface area contributed by atoms with Gasteiger partial charge in [-0.3, -0.25) is 0 Å². The zero-order chi connectivity index (χ0) is 11.1. The minimum Gasteiger partial charge on any atom is -0.502 e. The quantitative estimate of drug-likeness (QED) is 0.518. The summed E-state index contributed by atoms with van der Waals surface area (Å²) in [5.41, 5.74) is 0.101. The molecule has 1 nitrogen and oxygen atoms in total. The molecular weight excluding hydrogens is 212 g/mol. The lowest BCUT2D eigenvalue weighted by atomic mass is 9.89. The molecule has 0 aromatic carbocycles. The van der Waals surface area contributed by atoms with Gasteiger partial charge in [0, 0.05) is 10.8 Å². The van der Waals surface area contributed by atoms with Crippen LogP contribution in [0.15, 0.2) is 0 Å². The summed E-state index contributed by atoms with van der Waals surface area (Å²) < 4.78 is 0. The molecule has 1 N–H and O–H groups in total. The zero-order valence-corrected chi connectivity index (χ0v) is 11.4. The lowest BCUT2D eigenvalue weighted by molar-refractivity contribution is 0.434. The van der Waals surface area contributed by atoms with Crippen LogP contribution in [0.3, 0.4) is 0 Å². The number of rotatable bonds is 0. The maximum atomic E-state index is 10.1. The van der Waals surface area contributed by atoms with Gasteiger partial charge in [-0.1, -0.05) is 41.5 Å². The Labute approximate surface area is 93.8 Å². The second-order valence-corrected chi connectivity index (χ2v) is 7.82. The normalized spacial score (nSPS) is 13.3. The number of hydrogen-bond donors (Lipinski definition) is 1. The highest BCUT2D eigenvalue weighted by Crippen LogP contribution is 2.46. The Morgan fingerprint density at radius 1 is 1.00 bits per heavy atom. The van der Waals surface area contributed by atoms with Crippen molar-refractivity contribution in [1.82, 2.24) is 0 Å². The van der Waals surface area contributed by atoms with Crippen LogP contribution < -0.4 is 0 Å². The van der Waals surface area contributed by atoms with Crippen LogP contribution in [0.1, 0.15) is 51.3 Å². The molecule has 0 spiro atoms. The molecule has 0 aliphatic heterocycles. The van der Waals surface area contributed by atoms with Gasteiger partial charge in [0.25, 0.3) is 15.2 Å². The highest BCUT2D eigenvalue weighted by molar-refractivity contribution is 7.69. The van der Waals surface area contributed by atoms with Crippen molar-refractivity contribution < 1.29 is 5.11 Å². The predicted octanol–water partition coefficient (Wildman–Crippen LogP) is 4.39. The van der Waals surface area contributed by atoms with E-state index >= 15 is 0 Å². The Morgan fingerprint density at radius 3 is 1.71 bits per heavy atom. The summed E-state index contributed by atoms with van der Waals surface area (Å²) in [6, 6.07) is 0. The van der Waals surface area contributed by atoms with Crippen LogP contribution in [0.25, 0.3) is 0 Å². The lowest BCUT2D eigenvalue weighted by Crippen LogP contribution is -2.12. The molecule has 1 aromatic rings. The van der Waals surface area contributed by atoms with E-state index in [1.807, 2.05) is 0 Å².